The van der Waals surface area contributed by atoms with Crippen LogP contribution in [0.25, 0.3) is 0 Å². The summed E-state index contributed by atoms with van der Waals surface area (Å²) in [6.45, 7) is 5.34. The smallest absolute Gasteiger partial charge is 0.142 e. The van der Waals surface area contributed by atoms with Crippen LogP contribution in [-0.2, 0) is 0 Å². The fourth-order valence-electron chi connectivity index (χ4n) is 3.21. The molecule has 0 spiro atoms. The second-order valence-corrected chi connectivity index (χ2v) is 6.27. The van der Waals surface area contributed by atoms with Gasteiger partial charge in [-0.05, 0) is 30.4 Å². The monoisotopic (exact) mass is 260 g/mol. The minimum Gasteiger partial charge on any atom is -0.485 e. The largest absolute Gasteiger partial charge is 0.485 e. The Balaban J connectivity index is 1.47. The molecule has 1 unspecified atom stereocenters. The average molecular weight is 260 g/mol. The van der Waals surface area contributed by atoms with Crippen molar-refractivity contribution >= 4 is 5.69 Å². The number of hydrogen-bond donors (Lipinski definition) is 2. The highest BCUT2D eigenvalue weighted by atomic mass is 16.5. The number of rotatable bonds is 4. The topological polar surface area (TPSA) is 33.3 Å². The van der Waals surface area contributed by atoms with Crippen molar-refractivity contribution in [2.24, 2.45) is 5.41 Å². The van der Waals surface area contributed by atoms with Gasteiger partial charge in [-0.25, -0.2) is 0 Å². The molecule has 1 heterocycles. The van der Waals surface area contributed by atoms with Crippen molar-refractivity contribution in [3.63, 3.8) is 0 Å². The first-order chi connectivity index (χ1) is 9.25. The average Bonchev–Trinajstić information content (AvgIpc) is 2.86. The third kappa shape index (κ3) is 3.03. The zero-order chi connectivity index (χ0) is 13.1. The summed E-state index contributed by atoms with van der Waals surface area (Å²) in [4.78, 5) is 0. The summed E-state index contributed by atoms with van der Waals surface area (Å²) < 4.78 is 6.00. The van der Waals surface area contributed by atoms with Crippen molar-refractivity contribution in [1.82, 2.24) is 5.32 Å². The van der Waals surface area contributed by atoms with E-state index in [4.69, 9.17) is 4.74 Å². The molecule has 0 radical (unpaired) electrons. The van der Waals surface area contributed by atoms with Crippen LogP contribution in [0, 0.1) is 5.41 Å². The number of benzene rings is 1. The van der Waals surface area contributed by atoms with E-state index < -0.39 is 0 Å². The zero-order valence-electron chi connectivity index (χ0n) is 11.7. The normalized spacial score (nSPS) is 24.4. The van der Waals surface area contributed by atoms with Gasteiger partial charge >= 0.3 is 0 Å². The molecule has 0 bridgehead atoms. The van der Waals surface area contributed by atoms with E-state index in [1.54, 1.807) is 0 Å². The molecule has 0 aromatic heterocycles. The fraction of sp³-hybridized carbons (Fsp3) is 0.625. The van der Waals surface area contributed by atoms with Gasteiger partial charge in [-0.15, -0.1) is 0 Å². The third-order valence-electron chi connectivity index (χ3n) is 4.44. The zero-order valence-corrected chi connectivity index (χ0v) is 11.7. The van der Waals surface area contributed by atoms with Gasteiger partial charge in [0.05, 0.1) is 12.2 Å². The van der Waals surface area contributed by atoms with Crippen molar-refractivity contribution in [2.75, 3.05) is 25.0 Å². The van der Waals surface area contributed by atoms with Crippen LogP contribution < -0.4 is 15.4 Å². The molecule has 1 aliphatic heterocycles. The summed E-state index contributed by atoms with van der Waals surface area (Å²) in [5.74, 6) is 0.979. The van der Waals surface area contributed by atoms with E-state index in [2.05, 4.69) is 23.6 Å². The Morgan fingerprint density at radius 3 is 2.95 bits per heavy atom. The molecule has 1 fully saturated rings. The Morgan fingerprint density at radius 2 is 2.11 bits per heavy atom. The maximum absolute atomic E-state index is 6.00. The lowest BCUT2D eigenvalue weighted by molar-refractivity contribution is 0.192. The molecule has 3 rings (SSSR count). The molecule has 0 saturated heterocycles. The minimum atomic E-state index is 0.236. The molecule has 104 valence electrons. The van der Waals surface area contributed by atoms with Gasteiger partial charge in [0, 0.05) is 13.1 Å². The van der Waals surface area contributed by atoms with Crippen LogP contribution in [0.1, 0.15) is 32.6 Å². The molecule has 1 aromatic carbocycles. The van der Waals surface area contributed by atoms with Gasteiger partial charge in [-0.1, -0.05) is 31.9 Å². The molecule has 1 aliphatic carbocycles. The van der Waals surface area contributed by atoms with Gasteiger partial charge < -0.3 is 15.4 Å². The summed E-state index contributed by atoms with van der Waals surface area (Å²) in [6, 6.07) is 8.16. The SMILES string of the molecule is CC1(CNCC2CNc3ccccc3O2)CCCC1. The van der Waals surface area contributed by atoms with Gasteiger partial charge in [0.1, 0.15) is 11.9 Å². The molecular formula is C16H24N2O. The first kappa shape index (κ1) is 12.8. The van der Waals surface area contributed by atoms with Crippen molar-refractivity contribution in [3.8, 4) is 5.75 Å². The maximum atomic E-state index is 6.00. The van der Waals surface area contributed by atoms with Crippen LogP contribution in [0.15, 0.2) is 24.3 Å². The Hall–Kier alpha value is -1.22. The fourth-order valence-corrected chi connectivity index (χ4v) is 3.21. The van der Waals surface area contributed by atoms with Crippen molar-refractivity contribution in [1.29, 1.82) is 0 Å². The third-order valence-corrected chi connectivity index (χ3v) is 4.44. The first-order valence-electron chi connectivity index (χ1n) is 7.45. The van der Waals surface area contributed by atoms with E-state index in [0.717, 1.165) is 31.1 Å². The standard InChI is InChI=1S/C16H24N2O/c1-16(8-4-5-9-16)12-17-10-13-11-18-14-6-2-3-7-15(14)19-13/h2-3,6-7,13,17-18H,4-5,8-12H2,1H3. The van der Waals surface area contributed by atoms with Crippen LogP contribution in [0.2, 0.25) is 0 Å². The van der Waals surface area contributed by atoms with E-state index in [-0.39, 0.29) is 6.10 Å². The van der Waals surface area contributed by atoms with Gasteiger partial charge in [0.15, 0.2) is 0 Å². The Labute approximate surface area is 115 Å². The molecule has 3 nitrogen and oxygen atoms in total. The number of ether oxygens (including phenoxy) is 1. The summed E-state index contributed by atoms with van der Waals surface area (Å²) >= 11 is 0. The molecule has 19 heavy (non-hydrogen) atoms. The van der Waals surface area contributed by atoms with Gasteiger partial charge in [0.2, 0.25) is 0 Å². The molecule has 3 heteroatoms. The van der Waals surface area contributed by atoms with Crippen molar-refractivity contribution in [3.05, 3.63) is 24.3 Å². The maximum Gasteiger partial charge on any atom is 0.142 e. The van der Waals surface area contributed by atoms with Gasteiger partial charge in [0.25, 0.3) is 0 Å². The Bertz CT molecular complexity index is 427. The van der Waals surface area contributed by atoms with Gasteiger partial charge in [-0.3, -0.25) is 0 Å². The lowest BCUT2D eigenvalue weighted by Crippen LogP contribution is -2.42. The quantitative estimate of drug-likeness (QED) is 0.873. The second-order valence-electron chi connectivity index (χ2n) is 6.27. The van der Waals surface area contributed by atoms with E-state index in [0.29, 0.717) is 5.41 Å². The van der Waals surface area contributed by atoms with Crippen molar-refractivity contribution in [2.45, 2.75) is 38.7 Å². The van der Waals surface area contributed by atoms with Crippen LogP contribution in [0.3, 0.4) is 0 Å². The number of nitrogens with one attached hydrogen (secondary N) is 2. The molecule has 1 atom stereocenters. The molecular weight excluding hydrogens is 236 g/mol. The summed E-state index contributed by atoms with van der Waals surface area (Å²) in [5, 5.41) is 7.04. The van der Waals surface area contributed by atoms with E-state index >= 15 is 0 Å². The summed E-state index contributed by atoms with van der Waals surface area (Å²) in [5.41, 5.74) is 1.63. The van der Waals surface area contributed by atoms with Gasteiger partial charge in [-0.2, -0.15) is 0 Å². The van der Waals surface area contributed by atoms with Crippen LogP contribution in [0.4, 0.5) is 5.69 Å². The lowest BCUT2D eigenvalue weighted by atomic mass is 9.89. The van der Waals surface area contributed by atoms with E-state index in [9.17, 15) is 0 Å². The predicted octanol–water partition coefficient (Wildman–Crippen LogP) is 3.03. The Morgan fingerprint density at radius 1 is 1.32 bits per heavy atom. The highest BCUT2D eigenvalue weighted by Crippen LogP contribution is 2.36. The molecule has 1 aromatic rings. The number of hydrogen-bond acceptors (Lipinski definition) is 3. The summed E-state index contributed by atoms with van der Waals surface area (Å²) in [7, 11) is 0. The number of fused-ring (bicyclic) bond motifs is 1. The number of para-hydroxylation sites is 2. The first-order valence-corrected chi connectivity index (χ1v) is 7.45. The highest BCUT2D eigenvalue weighted by molar-refractivity contribution is 5.57. The molecule has 2 aliphatic rings. The number of anilines is 1. The molecule has 0 amide bonds. The Kier molecular flexibility index (Phi) is 3.65. The summed E-state index contributed by atoms with van der Waals surface area (Å²) in [6.07, 6.45) is 5.76. The van der Waals surface area contributed by atoms with Crippen LogP contribution in [0.5, 0.6) is 5.75 Å². The minimum absolute atomic E-state index is 0.236. The molecule has 1 saturated carbocycles. The van der Waals surface area contributed by atoms with E-state index in [1.807, 2.05) is 18.2 Å². The lowest BCUT2D eigenvalue weighted by Gasteiger charge is -2.29. The second kappa shape index (κ2) is 5.41. The van der Waals surface area contributed by atoms with Crippen LogP contribution >= 0.6 is 0 Å². The van der Waals surface area contributed by atoms with E-state index in [1.165, 1.54) is 25.7 Å². The van der Waals surface area contributed by atoms with Crippen molar-refractivity contribution < 1.29 is 4.74 Å². The molecule has 2 N–H and O–H groups in total. The van der Waals surface area contributed by atoms with Crippen LogP contribution in [-0.4, -0.2) is 25.7 Å². The highest BCUT2D eigenvalue weighted by Gasteiger charge is 2.28. The predicted molar refractivity (Wildman–Crippen MR) is 78.8 cm³/mol.